The van der Waals surface area contributed by atoms with E-state index in [1.807, 2.05) is 31.2 Å². The quantitative estimate of drug-likeness (QED) is 0.765. The molecule has 3 rings (SSSR count). The predicted molar refractivity (Wildman–Crippen MR) is 82.8 cm³/mol. The minimum Gasteiger partial charge on any atom is -0.306 e. The summed E-state index contributed by atoms with van der Waals surface area (Å²) >= 11 is 7.68. The molecule has 2 heterocycles. The van der Waals surface area contributed by atoms with E-state index >= 15 is 0 Å². The fraction of sp³-hybridized carbons (Fsp3) is 0.143. The molecule has 20 heavy (non-hydrogen) atoms. The normalized spacial score (nSPS) is 10.9. The molecule has 0 atom stereocenters. The van der Waals surface area contributed by atoms with Crippen molar-refractivity contribution >= 4 is 44.7 Å². The molecule has 1 amide bonds. The van der Waals surface area contributed by atoms with Gasteiger partial charge >= 0.3 is 0 Å². The Balaban J connectivity index is 1.95. The Labute approximate surface area is 124 Å². The van der Waals surface area contributed by atoms with Gasteiger partial charge in [-0.1, -0.05) is 36.7 Å². The largest absolute Gasteiger partial charge is 0.306 e. The molecule has 0 saturated heterocycles. The van der Waals surface area contributed by atoms with Crippen molar-refractivity contribution in [2.75, 3.05) is 5.32 Å². The van der Waals surface area contributed by atoms with Gasteiger partial charge in [0, 0.05) is 15.6 Å². The summed E-state index contributed by atoms with van der Waals surface area (Å²) in [6.45, 7) is 2.01. The van der Waals surface area contributed by atoms with Crippen molar-refractivity contribution in [3.63, 3.8) is 0 Å². The van der Waals surface area contributed by atoms with E-state index in [0.717, 1.165) is 22.1 Å². The Bertz CT molecular complexity index is 778. The van der Waals surface area contributed by atoms with Crippen LogP contribution in [0.4, 0.5) is 5.82 Å². The smallest absolute Gasteiger partial charge is 0.268 e. The standard InChI is InChI=1S/C14H12ClN3OS/c1-2-8-7-16-18-13(8)17-14(19)12-11(15)9-5-3-4-6-10(9)20-12/h3-7H,2H2,1H3,(H2,16,17,18,19). The maximum atomic E-state index is 12.3. The molecule has 2 aromatic heterocycles. The third-order valence-corrected chi connectivity index (χ3v) is 4.75. The van der Waals surface area contributed by atoms with Crippen LogP contribution in [0.15, 0.2) is 30.5 Å². The summed E-state index contributed by atoms with van der Waals surface area (Å²) in [6, 6.07) is 7.71. The first kappa shape index (κ1) is 13.1. The highest BCUT2D eigenvalue weighted by atomic mass is 35.5. The van der Waals surface area contributed by atoms with Gasteiger partial charge in [0.1, 0.15) is 10.7 Å². The lowest BCUT2D eigenvalue weighted by atomic mass is 10.2. The number of aromatic nitrogens is 2. The van der Waals surface area contributed by atoms with E-state index in [1.54, 1.807) is 6.20 Å². The molecule has 0 saturated carbocycles. The number of anilines is 1. The maximum absolute atomic E-state index is 12.3. The van der Waals surface area contributed by atoms with Gasteiger partial charge in [0.05, 0.1) is 11.2 Å². The molecule has 0 aliphatic carbocycles. The minimum absolute atomic E-state index is 0.213. The number of thiophene rings is 1. The van der Waals surface area contributed by atoms with Crippen LogP contribution in [-0.4, -0.2) is 16.1 Å². The molecule has 2 N–H and O–H groups in total. The third-order valence-electron chi connectivity index (χ3n) is 3.08. The number of aromatic amines is 1. The number of hydrogen-bond acceptors (Lipinski definition) is 3. The van der Waals surface area contributed by atoms with Crippen molar-refractivity contribution in [2.45, 2.75) is 13.3 Å². The first-order chi connectivity index (χ1) is 9.70. The van der Waals surface area contributed by atoms with Crippen molar-refractivity contribution in [3.8, 4) is 0 Å². The lowest BCUT2D eigenvalue weighted by molar-refractivity contribution is 0.103. The number of nitrogens with zero attached hydrogens (tertiary/aromatic N) is 1. The summed E-state index contributed by atoms with van der Waals surface area (Å²) in [5.41, 5.74) is 0.968. The number of nitrogens with one attached hydrogen (secondary N) is 2. The molecule has 0 aliphatic heterocycles. The van der Waals surface area contributed by atoms with Crippen molar-refractivity contribution < 1.29 is 4.79 Å². The summed E-state index contributed by atoms with van der Waals surface area (Å²) in [5.74, 6) is 0.418. The fourth-order valence-electron chi connectivity index (χ4n) is 2.02. The molecular weight excluding hydrogens is 294 g/mol. The van der Waals surface area contributed by atoms with Gasteiger partial charge < -0.3 is 5.32 Å². The van der Waals surface area contributed by atoms with Gasteiger partial charge in [0.15, 0.2) is 0 Å². The Kier molecular flexibility index (Phi) is 3.46. The number of carbonyl (C=O) groups is 1. The van der Waals surface area contributed by atoms with Crippen molar-refractivity contribution in [1.82, 2.24) is 10.2 Å². The maximum Gasteiger partial charge on any atom is 0.268 e. The highest BCUT2D eigenvalue weighted by Crippen LogP contribution is 2.35. The number of rotatable bonds is 3. The molecule has 0 unspecified atom stereocenters. The Morgan fingerprint density at radius 3 is 3.00 bits per heavy atom. The number of halogens is 1. The second kappa shape index (κ2) is 5.26. The van der Waals surface area contributed by atoms with Gasteiger partial charge in [-0.25, -0.2) is 0 Å². The molecular formula is C14H12ClN3OS. The van der Waals surface area contributed by atoms with Crippen molar-refractivity contribution in [3.05, 3.63) is 45.9 Å². The Hall–Kier alpha value is -1.85. The number of carbonyl (C=O) groups excluding carboxylic acids is 1. The molecule has 0 aliphatic rings. The van der Waals surface area contributed by atoms with Gasteiger partial charge in [0.25, 0.3) is 5.91 Å². The number of benzene rings is 1. The second-order valence-electron chi connectivity index (χ2n) is 4.32. The molecule has 0 spiro atoms. The highest BCUT2D eigenvalue weighted by Gasteiger charge is 2.18. The van der Waals surface area contributed by atoms with Crippen LogP contribution in [-0.2, 0) is 6.42 Å². The van der Waals surface area contributed by atoms with Gasteiger partial charge in [-0.15, -0.1) is 11.3 Å². The van der Waals surface area contributed by atoms with Crippen LogP contribution in [0.2, 0.25) is 5.02 Å². The summed E-state index contributed by atoms with van der Waals surface area (Å²) < 4.78 is 1.00. The fourth-order valence-corrected chi connectivity index (χ4v) is 3.43. The lowest BCUT2D eigenvalue weighted by Gasteiger charge is -2.03. The van der Waals surface area contributed by atoms with E-state index in [-0.39, 0.29) is 5.91 Å². The van der Waals surface area contributed by atoms with Crippen LogP contribution in [0.5, 0.6) is 0 Å². The SMILES string of the molecule is CCc1cn[nH]c1NC(=O)c1sc2ccccc2c1Cl. The Morgan fingerprint density at radius 2 is 2.25 bits per heavy atom. The molecule has 102 valence electrons. The number of amides is 1. The van der Waals surface area contributed by atoms with Gasteiger partial charge in [-0.05, 0) is 12.5 Å². The van der Waals surface area contributed by atoms with Crippen LogP contribution in [0.25, 0.3) is 10.1 Å². The third kappa shape index (κ3) is 2.19. The molecule has 6 heteroatoms. The first-order valence-electron chi connectivity index (χ1n) is 6.21. The zero-order valence-corrected chi connectivity index (χ0v) is 12.3. The summed E-state index contributed by atoms with van der Waals surface area (Å²) in [4.78, 5) is 12.9. The van der Waals surface area contributed by atoms with E-state index in [2.05, 4.69) is 15.5 Å². The average molecular weight is 306 g/mol. The second-order valence-corrected chi connectivity index (χ2v) is 5.75. The predicted octanol–water partition coefficient (Wildman–Crippen LogP) is 4.09. The zero-order valence-electron chi connectivity index (χ0n) is 10.7. The topological polar surface area (TPSA) is 57.8 Å². The number of hydrogen-bond donors (Lipinski definition) is 2. The molecule has 1 aromatic carbocycles. The van der Waals surface area contributed by atoms with Gasteiger partial charge in [0.2, 0.25) is 0 Å². The van der Waals surface area contributed by atoms with E-state index in [0.29, 0.717) is 15.7 Å². The zero-order chi connectivity index (χ0) is 14.1. The molecule has 3 aromatic rings. The van der Waals surface area contributed by atoms with E-state index < -0.39 is 0 Å². The van der Waals surface area contributed by atoms with E-state index in [4.69, 9.17) is 11.6 Å². The number of aryl methyl sites for hydroxylation is 1. The molecule has 4 nitrogen and oxygen atoms in total. The van der Waals surface area contributed by atoms with Crippen molar-refractivity contribution in [2.24, 2.45) is 0 Å². The highest BCUT2D eigenvalue weighted by molar-refractivity contribution is 7.21. The molecule has 0 bridgehead atoms. The summed E-state index contributed by atoms with van der Waals surface area (Å²) in [7, 11) is 0. The van der Waals surface area contributed by atoms with Gasteiger partial charge in [-0.2, -0.15) is 5.10 Å². The minimum atomic E-state index is -0.213. The molecule has 0 radical (unpaired) electrons. The van der Waals surface area contributed by atoms with Gasteiger partial charge in [-0.3, -0.25) is 9.89 Å². The van der Waals surface area contributed by atoms with E-state index in [9.17, 15) is 4.79 Å². The average Bonchev–Trinajstić information content (AvgIpc) is 3.04. The van der Waals surface area contributed by atoms with Crippen LogP contribution in [0.1, 0.15) is 22.2 Å². The summed E-state index contributed by atoms with van der Waals surface area (Å²) in [6.07, 6.45) is 2.51. The van der Waals surface area contributed by atoms with Crippen LogP contribution in [0.3, 0.4) is 0 Å². The van der Waals surface area contributed by atoms with Crippen LogP contribution >= 0.6 is 22.9 Å². The van der Waals surface area contributed by atoms with E-state index in [1.165, 1.54) is 11.3 Å². The lowest BCUT2D eigenvalue weighted by Crippen LogP contribution is -2.12. The number of H-pyrrole nitrogens is 1. The number of fused-ring (bicyclic) bond motifs is 1. The van der Waals surface area contributed by atoms with Crippen LogP contribution in [0, 0.1) is 0 Å². The van der Waals surface area contributed by atoms with Crippen molar-refractivity contribution in [1.29, 1.82) is 0 Å². The first-order valence-corrected chi connectivity index (χ1v) is 7.40. The monoisotopic (exact) mass is 305 g/mol. The van der Waals surface area contributed by atoms with Crippen LogP contribution < -0.4 is 5.32 Å². The Morgan fingerprint density at radius 1 is 1.45 bits per heavy atom. The molecule has 0 fully saturated rings. The summed E-state index contributed by atoms with van der Waals surface area (Å²) in [5, 5.41) is 11.0.